The summed E-state index contributed by atoms with van der Waals surface area (Å²) in [6, 6.07) is 12.6. The van der Waals surface area contributed by atoms with Crippen LogP contribution in [0.3, 0.4) is 0 Å². The third-order valence-electron chi connectivity index (χ3n) is 6.33. The molecule has 12 heteroatoms. The van der Waals surface area contributed by atoms with E-state index < -0.39 is 5.97 Å². The molecule has 37 heavy (non-hydrogen) atoms. The van der Waals surface area contributed by atoms with Crippen LogP contribution in [0.2, 0.25) is 0 Å². The molecule has 0 spiro atoms. The third-order valence-corrected chi connectivity index (χ3v) is 6.33. The number of carboxylic acid groups (broad SMARTS) is 1. The highest BCUT2D eigenvalue weighted by molar-refractivity contribution is 5.92. The summed E-state index contributed by atoms with van der Waals surface area (Å²) in [6.45, 7) is 5.53. The number of aromatic amines is 1. The molecule has 0 bridgehead atoms. The second-order valence-electron chi connectivity index (χ2n) is 8.78. The van der Waals surface area contributed by atoms with Crippen LogP contribution in [0.25, 0.3) is 22.4 Å². The minimum atomic E-state index is -0.978. The summed E-state index contributed by atoms with van der Waals surface area (Å²) in [5.41, 5.74) is 3.22. The molecule has 2 fully saturated rings. The summed E-state index contributed by atoms with van der Waals surface area (Å²) < 4.78 is 11.0. The van der Waals surface area contributed by atoms with E-state index in [4.69, 9.17) is 24.4 Å². The number of nitrogens with one attached hydrogen (secondary N) is 2. The zero-order valence-electron chi connectivity index (χ0n) is 20.1. The summed E-state index contributed by atoms with van der Waals surface area (Å²) in [5.74, 6) is 1.46. The van der Waals surface area contributed by atoms with E-state index in [-0.39, 0.29) is 5.56 Å². The number of carbonyl (C=O) groups is 1. The van der Waals surface area contributed by atoms with Crippen molar-refractivity contribution in [2.75, 3.05) is 67.7 Å². The summed E-state index contributed by atoms with van der Waals surface area (Å²) in [5, 5.41) is 12.4. The lowest BCUT2D eigenvalue weighted by atomic mass is 10.2. The fourth-order valence-electron chi connectivity index (χ4n) is 4.33. The van der Waals surface area contributed by atoms with Crippen molar-refractivity contribution in [2.24, 2.45) is 0 Å². The van der Waals surface area contributed by atoms with Crippen molar-refractivity contribution in [1.82, 2.24) is 24.9 Å². The first kappa shape index (κ1) is 23.1. The average molecular weight is 503 g/mol. The number of hydrogen-bond acceptors (Lipinski definition) is 10. The van der Waals surface area contributed by atoms with Gasteiger partial charge in [0.15, 0.2) is 5.82 Å². The van der Waals surface area contributed by atoms with E-state index in [0.29, 0.717) is 61.1 Å². The van der Waals surface area contributed by atoms with Gasteiger partial charge in [-0.2, -0.15) is 15.0 Å². The van der Waals surface area contributed by atoms with Crippen molar-refractivity contribution in [3.8, 4) is 11.4 Å². The number of ether oxygens (including phenoxy) is 2. The normalized spacial score (nSPS) is 16.2. The van der Waals surface area contributed by atoms with Gasteiger partial charge in [0.25, 0.3) is 0 Å². The zero-order chi connectivity index (χ0) is 25.2. The first-order valence-corrected chi connectivity index (χ1v) is 12.1. The smallest absolute Gasteiger partial charge is 0.335 e. The van der Waals surface area contributed by atoms with Crippen LogP contribution in [0, 0.1) is 0 Å². The number of hydrogen-bond donors (Lipinski definition) is 3. The van der Waals surface area contributed by atoms with Crippen LogP contribution in [0.5, 0.6) is 0 Å². The lowest BCUT2D eigenvalue weighted by molar-refractivity contribution is 0.0697. The van der Waals surface area contributed by atoms with Gasteiger partial charge in [-0.1, -0.05) is 0 Å². The number of imidazole rings is 1. The van der Waals surface area contributed by atoms with Gasteiger partial charge in [-0.25, -0.2) is 9.78 Å². The number of benzene rings is 2. The standard InChI is InChI=1S/C25H26N8O4/c34-22(35)17-3-6-19-20(15-17)28-23(27-19)26-18-4-1-16(2-5-18)21-29-24(32-7-11-36-12-8-32)31-25(30-21)33-9-13-37-14-10-33/h1-6,15H,7-14H2,(H,34,35)(H2,26,27,28). The second kappa shape index (κ2) is 9.99. The molecule has 4 heterocycles. The Labute approximate surface area is 212 Å². The molecule has 0 saturated carbocycles. The van der Waals surface area contributed by atoms with Crippen LogP contribution in [0.15, 0.2) is 42.5 Å². The first-order chi connectivity index (χ1) is 18.1. The van der Waals surface area contributed by atoms with E-state index in [0.717, 1.165) is 37.4 Å². The van der Waals surface area contributed by atoms with Crippen LogP contribution in [-0.4, -0.2) is 88.6 Å². The fraction of sp³-hybridized carbons (Fsp3) is 0.320. The van der Waals surface area contributed by atoms with E-state index in [1.165, 1.54) is 6.07 Å². The van der Waals surface area contributed by atoms with Crippen molar-refractivity contribution in [3.05, 3.63) is 48.0 Å². The average Bonchev–Trinajstić information content (AvgIpc) is 3.35. The Morgan fingerprint density at radius 3 is 2.05 bits per heavy atom. The quantitative estimate of drug-likeness (QED) is 0.358. The van der Waals surface area contributed by atoms with Gasteiger partial charge in [-0.3, -0.25) is 0 Å². The molecule has 0 radical (unpaired) electrons. The van der Waals surface area contributed by atoms with E-state index in [9.17, 15) is 9.90 Å². The van der Waals surface area contributed by atoms with Gasteiger partial charge in [0.1, 0.15) is 0 Å². The Morgan fingerprint density at radius 2 is 1.46 bits per heavy atom. The number of nitrogens with zero attached hydrogens (tertiary/aromatic N) is 6. The van der Waals surface area contributed by atoms with Gasteiger partial charge in [0.2, 0.25) is 17.8 Å². The Morgan fingerprint density at radius 1 is 0.838 bits per heavy atom. The Bertz CT molecular complexity index is 1380. The topological polar surface area (TPSA) is 142 Å². The molecule has 2 aromatic heterocycles. The molecule has 12 nitrogen and oxygen atoms in total. The molecular weight excluding hydrogens is 476 g/mol. The van der Waals surface area contributed by atoms with Gasteiger partial charge in [0, 0.05) is 37.4 Å². The Kier molecular flexibility index (Phi) is 6.25. The van der Waals surface area contributed by atoms with E-state index in [1.807, 2.05) is 24.3 Å². The van der Waals surface area contributed by atoms with Crippen molar-refractivity contribution < 1.29 is 19.4 Å². The van der Waals surface area contributed by atoms with Crippen molar-refractivity contribution >= 4 is 40.5 Å². The molecule has 3 N–H and O–H groups in total. The number of aromatic carboxylic acids is 1. The Hall–Kier alpha value is -4.29. The monoisotopic (exact) mass is 502 g/mol. The number of anilines is 4. The van der Waals surface area contributed by atoms with Crippen LogP contribution in [0.1, 0.15) is 10.4 Å². The van der Waals surface area contributed by atoms with Crippen LogP contribution < -0.4 is 15.1 Å². The third kappa shape index (κ3) is 5.01. The lowest BCUT2D eigenvalue weighted by Gasteiger charge is -2.30. The largest absolute Gasteiger partial charge is 0.478 e. The van der Waals surface area contributed by atoms with Gasteiger partial charge in [-0.05, 0) is 42.5 Å². The minimum absolute atomic E-state index is 0.206. The number of rotatable bonds is 6. The number of carboxylic acids is 1. The molecule has 0 aliphatic carbocycles. The summed E-state index contributed by atoms with van der Waals surface area (Å²) in [6.07, 6.45) is 0. The summed E-state index contributed by atoms with van der Waals surface area (Å²) in [4.78, 5) is 37.5. The predicted molar refractivity (Wildman–Crippen MR) is 138 cm³/mol. The number of H-pyrrole nitrogens is 1. The van der Waals surface area contributed by atoms with Gasteiger partial charge < -0.3 is 34.7 Å². The lowest BCUT2D eigenvalue weighted by Crippen LogP contribution is -2.40. The second-order valence-corrected chi connectivity index (χ2v) is 8.78. The zero-order valence-corrected chi connectivity index (χ0v) is 20.1. The molecule has 2 saturated heterocycles. The SMILES string of the molecule is O=C(O)c1ccc2nc(Nc3ccc(-c4nc(N5CCOCC5)nc(N5CCOCC5)n4)cc3)[nH]c2c1. The molecule has 0 unspecified atom stereocenters. The van der Waals surface area contributed by atoms with E-state index in [2.05, 4.69) is 25.1 Å². The maximum atomic E-state index is 11.2. The minimum Gasteiger partial charge on any atom is -0.478 e. The summed E-state index contributed by atoms with van der Waals surface area (Å²) in [7, 11) is 0. The molecule has 190 valence electrons. The first-order valence-electron chi connectivity index (χ1n) is 12.1. The van der Waals surface area contributed by atoms with E-state index >= 15 is 0 Å². The molecule has 0 atom stereocenters. The molecule has 2 aliphatic heterocycles. The van der Waals surface area contributed by atoms with Crippen LogP contribution in [0.4, 0.5) is 23.5 Å². The molecular formula is C25H26N8O4. The molecule has 2 aliphatic rings. The number of fused-ring (bicyclic) bond motifs is 1. The number of morpholine rings is 2. The summed E-state index contributed by atoms with van der Waals surface area (Å²) >= 11 is 0. The van der Waals surface area contributed by atoms with Crippen molar-refractivity contribution in [3.63, 3.8) is 0 Å². The fourth-order valence-corrected chi connectivity index (χ4v) is 4.33. The Balaban J connectivity index is 1.26. The van der Waals surface area contributed by atoms with Crippen LogP contribution in [-0.2, 0) is 9.47 Å². The van der Waals surface area contributed by atoms with Gasteiger partial charge >= 0.3 is 5.97 Å². The molecule has 0 amide bonds. The molecule has 2 aromatic carbocycles. The van der Waals surface area contributed by atoms with Gasteiger partial charge in [0.05, 0.1) is 43.0 Å². The highest BCUT2D eigenvalue weighted by atomic mass is 16.5. The van der Waals surface area contributed by atoms with E-state index in [1.54, 1.807) is 12.1 Å². The molecule has 4 aromatic rings. The highest BCUT2D eigenvalue weighted by Crippen LogP contribution is 2.25. The maximum absolute atomic E-state index is 11.2. The van der Waals surface area contributed by atoms with Crippen molar-refractivity contribution in [2.45, 2.75) is 0 Å². The molecule has 6 rings (SSSR count). The predicted octanol–water partition coefficient (Wildman–Crippen LogP) is 2.53. The number of aromatic nitrogens is 5. The highest BCUT2D eigenvalue weighted by Gasteiger charge is 2.21. The van der Waals surface area contributed by atoms with Gasteiger partial charge in [-0.15, -0.1) is 0 Å². The van der Waals surface area contributed by atoms with Crippen LogP contribution >= 0.6 is 0 Å². The van der Waals surface area contributed by atoms with Crippen molar-refractivity contribution in [1.29, 1.82) is 0 Å². The maximum Gasteiger partial charge on any atom is 0.335 e.